The van der Waals surface area contributed by atoms with Gasteiger partial charge in [0.05, 0.1) is 5.56 Å². The van der Waals surface area contributed by atoms with E-state index >= 15 is 0 Å². The van der Waals surface area contributed by atoms with Crippen LogP contribution in [0.4, 0.5) is 9.39 Å². The number of benzene rings is 1. The van der Waals surface area contributed by atoms with Crippen molar-refractivity contribution in [3.05, 3.63) is 52.7 Å². The highest BCUT2D eigenvalue weighted by atomic mass is 32.1. The molecule has 0 bridgehead atoms. The van der Waals surface area contributed by atoms with Gasteiger partial charge in [0.25, 0.3) is 11.8 Å². The number of carbonyl (C=O) groups is 3. The largest absolute Gasteiger partial charge is 0.453 e. The van der Waals surface area contributed by atoms with Crippen molar-refractivity contribution >= 4 is 34.1 Å². The minimum absolute atomic E-state index is 0.0643. The molecule has 0 saturated heterocycles. The normalized spacial score (nSPS) is 11.6. The van der Waals surface area contributed by atoms with E-state index in [1.807, 2.05) is 0 Å². The molecule has 1 heterocycles. The van der Waals surface area contributed by atoms with Crippen molar-refractivity contribution in [2.24, 2.45) is 5.73 Å². The fourth-order valence-electron chi connectivity index (χ4n) is 2.02. The van der Waals surface area contributed by atoms with Crippen molar-refractivity contribution in [2.45, 2.75) is 25.9 Å². The first-order valence-corrected chi connectivity index (χ1v) is 8.37. The molecular weight excluding hydrogens is 347 g/mol. The molecule has 0 radical (unpaired) electrons. The summed E-state index contributed by atoms with van der Waals surface area (Å²) in [6, 6.07) is 7.30. The number of thiophene rings is 1. The molecule has 0 saturated carbocycles. The molecule has 2 aromatic rings. The molecule has 0 unspecified atom stereocenters. The number of anilines is 1. The summed E-state index contributed by atoms with van der Waals surface area (Å²) in [5.41, 5.74) is 6.20. The van der Waals surface area contributed by atoms with Gasteiger partial charge in [0, 0.05) is 6.42 Å². The molecule has 132 valence electrons. The van der Waals surface area contributed by atoms with Crippen LogP contribution in [-0.4, -0.2) is 23.9 Å². The van der Waals surface area contributed by atoms with E-state index in [4.69, 9.17) is 10.5 Å². The molecule has 1 aromatic carbocycles. The summed E-state index contributed by atoms with van der Waals surface area (Å²) in [6.45, 7) is 1.43. The third-order valence-electron chi connectivity index (χ3n) is 3.38. The van der Waals surface area contributed by atoms with Gasteiger partial charge in [-0.1, -0.05) is 12.1 Å². The SMILES string of the molecule is C[C@@H](OC(=O)CCc1ccc(F)cc1)C(=O)Nc1sccc1C(N)=O. The van der Waals surface area contributed by atoms with Gasteiger partial charge in [-0.2, -0.15) is 0 Å². The molecule has 1 aromatic heterocycles. The molecule has 0 fully saturated rings. The number of rotatable bonds is 7. The van der Waals surface area contributed by atoms with E-state index in [-0.39, 0.29) is 17.8 Å². The average molecular weight is 364 g/mol. The van der Waals surface area contributed by atoms with Crippen molar-refractivity contribution in [2.75, 3.05) is 5.32 Å². The number of aryl methyl sites for hydroxylation is 1. The van der Waals surface area contributed by atoms with E-state index in [0.29, 0.717) is 11.4 Å². The molecule has 3 N–H and O–H groups in total. The van der Waals surface area contributed by atoms with Crippen LogP contribution in [0.3, 0.4) is 0 Å². The number of hydrogen-bond acceptors (Lipinski definition) is 5. The lowest BCUT2D eigenvalue weighted by Crippen LogP contribution is -2.30. The second-order valence-electron chi connectivity index (χ2n) is 5.28. The molecular formula is C17H17FN2O4S. The van der Waals surface area contributed by atoms with Crippen LogP contribution in [0.2, 0.25) is 0 Å². The summed E-state index contributed by atoms with van der Waals surface area (Å²) in [7, 11) is 0. The van der Waals surface area contributed by atoms with Gasteiger partial charge in [-0.15, -0.1) is 11.3 Å². The van der Waals surface area contributed by atoms with Crippen molar-refractivity contribution in [1.82, 2.24) is 0 Å². The molecule has 2 rings (SSSR count). The predicted molar refractivity (Wildman–Crippen MR) is 91.7 cm³/mol. The maximum absolute atomic E-state index is 12.8. The first-order chi connectivity index (χ1) is 11.9. The standard InChI is InChI=1S/C17H17FN2O4S/c1-10(16(23)20-17-13(15(19)22)8-9-25-17)24-14(21)7-4-11-2-5-12(18)6-3-11/h2-3,5-6,8-10H,4,7H2,1H3,(H2,19,22)(H,20,23)/t10-/m1/s1. The van der Waals surface area contributed by atoms with Gasteiger partial charge in [-0.25, -0.2) is 4.39 Å². The molecule has 0 aliphatic carbocycles. The van der Waals surface area contributed by atoms with Gasteiger partial charge in [0.2, 0.25) is 0 Å². The van der Waals surface area contributed by atoms with Crippen LogP contribution >= 0.6 is 11.3 Å². The lowest BCUT2D eigenvalue weighted by Gasteiger charge is -2.13. The lowest BCUT2D eigenvalue weighted by atomic mass is 10.1. The number of primary amides is 1. The zero-order valence-corrected chi connectivity index (χ0v) is 14.3. The monoisotopic (exact) mass is 364 g/mol. The summed E-state index contributed by atoms with van der Waals surface area (Å²) >= 11 is 1.15. The summed E-state index contributed by atoms with van der Waals surface area (Å²) in [5, 5.41) is 4.45. The molecule has 0 spiro atoms. The van der Waals surface area contributed by atoms with Crippen molar-refractivity contribution in [3.63, 3.8) is 0 Å². The topological polar surface area (TPSA) is 98.5 Å². The fraction of sp³-hybridized carbons (Fsp3) is 0.235. The Morgan fingerprint density at radius 1 is 1.24 bits per heavy atom. The highest BCUT2D eigenvalue weighted by molar-refractivity contribution is 7.14. The Kier molecular flexibility index (Phi) is 6.24. The van der Waals surface area contributed by atoms with Gasteiger partial charge < -0.3 is 15.8 Å². The van der Waals surface area contributed by atoms with Gasteiger partial charge >= 0.3 is 5.97 Å². The summed E-state index contributed by atoms with van der Waals surface area (Å²) in [5.74, 6) is -2.10. The number of hydrogen-bond donors (Lipinski definition) is 2. The second kappa shape index (κ2) is 8.39. The number of halogens is 1. The Balaban J connectivity index is 1.83. The Morgan fingerprint density at radius 3 is 2.56 bits per heavy atom. The quantitative estimate of drug-likeness (QED) is 0.738. The van der Waals surface area contributed by atoms with Gasteiger partial charge in [0.1, 0.15) is 10.8 Å². The van der Waals surface area contributed by atoms with Crippen LogP contribution in [0.15, 0.2) is 35.7 Å². The summed E-state index contributed by atoms with van der Waals surface area (Å²) < 4.78 is 17.9. The molecule has 2 amide bonds. The first kappa shape index (κ1) is 18.6. The maximum Gasteiger partial charge on any atom is 0.306 e. The van der Waals surface area contributed by atoms with E-state index in [9.17, 15) is 18.8 Å². The molecule has 8 heteroatoms. The van der Waals surface area contributed by atoms with E-state index in [2.05, 4.69) is 5.32 Å². The Morgan fingerprint density at radius 2 is 1.92 bits per heavy atom. The third-order valence-corrected chi connectivity index (χ3v) is 4.21. The first-order valence-electron chi connectivity index (χ1n) is 7.49. The highest BCUT2D eigenvalue weighted by Crippen LogP contribution is 2.23. The van der Waals surface area contributed by atoms with E-state index in [1.165, 1.54) is 25.1 Å². The van der Waals surface area contributed by atoms with Crippen LogP contribution in [0.1, 0.15) is 29.3 Å². The Labute approximate surface area is 147 Å². The van der Waals surface area contributed by atoms with Gasteiger partial charge in [-0.3, -0.25) is 14.4 Å². The summed E-state index contributed by atoms with van der Waals surface area (Å²) in [4.78, 5) is 35.1. The Hall–Kier alpha value is -2.74. The number of amides is 2. The Bertz CT molecular complexity index is 773. The van der Waals surface area contributed by atoms with Crippen LogP contribution < -0.4 is 11.1 Å². The van der Waals surface area contributed by atoms with Crippen molar-refractivity contribution in [3.8, 4) is 0 Å². The maximum atomic E-state index is 12.8. The molecule has 25 heavy (non-hydrogen) atoms. The highest BCUT2D eigenvalue weighted by Gasteiger charge is 2.20. The number of ether oxygens (including phenoxy) is 1. The third kappa shape index (κ3) is 5.39. The number of nitrogens with one attached hydrogen (secondary N) is 1. The van der Waals surface area contributed by atoms with Crippen LogP contribution in [0.25, 0.3) is 0 Å². The second-order valence-corrected chi connectivity index (χ2v) is 6.19. The average Bonchev–Trinajstić information content (AvgIpc) is 3.02. The van der Waals surface area contributed by atoms with Gasteiger partial charge in [-0.05, 0) is 42.5 Å². The van der Waals surface area contributed by atoms with Crippen LogP contribution in [0, 0.1) is 5.82 Å². The fourth-order valence-corrected chi connectivity index (χ4v) is 2.82. The van der Waals surface area contributed by atoms with Crippen LogP contribution in [-0.2, 0) is 20.7 Å². The zero-order valence-electron chi connectivity index (χ0n) is 13.5. The lowest BCUT2D eigenvalue weighted by molar-refractivity contribution is -0.153. The van der Waals surface area contributed by atoms with E-state index < -0.39 is 23.9 Å². The number of nitrogens with two attached hydrogens (primary N) is 1. The van der Waals surface area contributed by atoms with Gasteiger partial charge in [0.15, 0.2) is 6.10 Å². The smallest absolute Gasteiger partial charge is 0.306 e. The number of esters is 1. The predicted octanol–water partition coefficient (Wildman–Crippen LogP) is 2.49. The molecule has 6 nitrogen and oxygen atoms in total. The molecule has 0 aliphatic heterocycles. The molecule has 0 aliphatic rings. The van der Waals surface area contributed by atoms with Crippen molar-refractivity contribution < 1.29 is 23.5 Å². The minimum Gasteiger partial charge on any atom is -0.453 e. The zero-order chi connectivity index (χ0) is 18.4. The van der Waals surface area contributed by atoms with Crippen molar-refractivity contribution in [1.29, 1.82) is 0 Å². The van der Waals surface area contributed by atoms with E-state index in [0.717, 1.165) is 16.9 Å². The van der Waals surface area contributed by atoms with E-state index in [1.54, 1.807) is 17.5 Å². The van der Waals surface area contributed by atoms with Crippen LogP contribution in [0.5, 0.6) is 0 Å². The number of carbonyl (C=O) groups excluding carboxylic acids is 3. The summed E-state index contributed by atoms with van der Waals surface area (Å²) in [6.07, 6.45) is -0.581. The minimum atomic E-state index is -1.02. The molecule has 1 atom stereocenters.